The Bertz CT molecular complexity index is 2280. The van der Waals surface area contributed by atoms with E-state index in [1.54, 1.807) is 50.6 Å². The number of carbonyl (C=O) groups excluding carboxylic acids is 1. The zero-order chi connectivity index (χ0) is 39.7. The normalized spacial score (nSPS) is 11.4. The highest BCUT2D eigenvalue weighted by atomic mass is 16.5. The summed E-state index contributed by atoms with van der Waals surface area (Å²) in [5.41, 5.74) is 5.26. The van der Waals surface area contributed by atoms with Gasteiger partial charge in [0.05, 0.1) is 14.2 Å². The Labute approximate surface area is 333 Å². The van der Waals surface area contributed by atoms with Crippen molar-refractivity contribution in [3.05, 3.63) is 203 Å². The first kappa shape index (κ1) is 39.5. The van der Waals surface area contributed by atoms with Crippen molar-refractivity contribution in [2.24, 2.45) is 0 Å². The van der Waals surface area contributed by atoms with Crippen molar-refractivity contribution in [3.63, 3.8) is 0 Å². The number of ketones is 1. The number of aliphatic hydroxyl groups excluding tert-OH is 1. The van der Waals surface area contributed by atoms with E-state index in [1.807, 2.05) is 121 Å². The van der Waals surface area contributed by atoms with Crippen LogP contribution in [-0.2, 0) is 31.2 Å². The third-order valence-corrected chi connectivity index (χ3v) is 8.63. The molecule has 0 aliphatic heterocycles. The van der Waals surface area contributed by atoms with Gasteiger partial charge in [0, 0.05) is 6.08 Å². The Balaban J connectivity index is 1.19. The summed E-state index contributed by atoms with van der Waals surface area (Å²) < 4.78 is 36.3. The van der Waals surface area contributed by atoms with Gasteiger partial charge in [-0.25, -0.2) is 0 Å². The van der Waals surface area contributed by atoms with Gasteiger partial charge in [-0.15, -0.1) is 0 Å². The lowest BCUT2D eigenvalue weighted by atomic mass is 10.1. The molecule has 0 bridgehead atoms. The molecule has 1 N–H and O–H groups in total. The molecule has 0 aliphatic rings. The summed E-state index contributed by atoms with van der Waals surface area (Å²) in [7, 11) is 3.11. The van der Waals surface area contributed by atoms with Crippen LogP contribution in [0.15, 0.2) is 170 Å². The fourth-order valence-electron chi connectivity index (χ4n) is 5.72. The van der Waals surface area contributed by atoms with Crippen molar-refractivity contribution >= 4 is 17.9 Å². The summed E-state index contributed by atoms with van der Waals surface area (Å²) in [4.78, 5) is 13.0. The van der Waals surface area contributed by atoms with Crippen LogP contribution in [0.3, 0.4) is 0 Å². The SMILES string of the molecule is COc1cc(C=CC(=O)C=C(O)C=Cc2cc(OC)c(OCc3ccccc3)c(OCc3ccccc3)c2)cc(OCc2ccccc2)c1OCc1ccccc1. The van der Waals surface area contributed by atoms with Crippen molar-refractivity contribution in [1.29, 1.82) is 0 Å². The Morgan fingerprint density at radius 2 is 0.807 bits per heavy atom. The van der Waals surface area contributed by atoms with E-state index in [9.17, 15) is 9.90 Å². The molecule has 0 saturated heterocycles. The summed E-state index contributed by atoms with van der Waals surface area (Å²) >= 11 is 0. The second-order valence-electron chi connectivity index (χ2n) is 12.8. The van der Waals surface area contributed by atoms with Crippen LogP contribution in [0.1, 0.15) is 33.4 Å². The molecule has 0 amide bonds. The van der Waals surface area contributed by atoms with Crippen LogP contribution < -0.4 is 28.4 Å². The van der Waals surface area contributed by atoms with Gasteiger partial charge < -0.3 is 33.5 Å². The molecule has 288 valence electrons. The number of carbonyl (C=O) groups is 1. The third-order valence-electron chi connectivity index (χ3n) is 8.63. The van der Waals surface area contributed by atoms with Crippen LogP contribution in [0.4, 0.5) is 0 Å². The van der Waals surface area contributed by atoms with E-state index >= 15 is 0 Å². The Hall–Kier alpha value is -7.19. The van der Waals surface area contributed by atoms with Gasteiger partial charge in [-0.2, -0.15) is 0 Å². The first-order valence-corrected chi connectivity index (χ1v) is 18.4. The van der Waals surface area contributed by atoms with E-state index < -0.39 is 5.78 Å². The topological polar surface area (TPSA) is 92.7 Å². The Morgan fingerprint density at radius 3 is 1.18 bits per heavy atom. The molecule has 0 atom stereocenters. The van der Waals surface area contributed by atoms with E-state index in [0.717, 1.165) is 28.3 Å². The zero-order valence-electron chi connectivity index (χ0n) is 31.9. The molecule has 0 saturated carbocycles. The predicted octanol–water partition coefficient (Wildman–Crippen LogP) is 10.8. The molecule has 8 heteroatoms. The van der Waals surface area contributed by atoms with Gasteiger partial charge in [0.25, 0.3) is 0 Å². The number of benzene rings is 6. The molecular weight excluding hydrogens is 717 g/mol. The smallest absolute Gasteiger partial charge is 0.203 e. The highest BCUT2D eigenvalue weighted by Gasteiger charge is 2.17. The minimum atomic E-state index is -0.429. The Kier molecular flexibility index (Phi) is 14.2. The molecule has 6 rings (SSSR count). The summed E-state index contributed by atoms with van der Waals surface area (Å²) in [6.45, 7) is 1.23. The fraction of sp³-hybridized carbons (Fsp3) is 0.122. The van der Waals surface area contributed by atoms with Gasteiger partial charge in [0.1, 0.15) is 32.2 Å². The standard InChI is InChI=1S/C49H44O8/c1-52-44-27-40(29-46(54-32-36-15-7-3-8-16-36)48(44)56-34-38-19-11-5-12-20-38)23-25-42(50)31-43(51)26-24-41-28-45(53-2)49(57-35-39-21-13-6-14-22-39)47(30-41)55-33-37-17-9-4-10-18-37/h3-31,50H,32-35H2,1-2H3. The zero-order valence-corrected chi connectivity index (χ0v) is 31.9. The predicted molar refractivity (Wildman–Crippen MR) is 223 cm³/mol. The fourth-order valence-corrected chi connectivity index (χ4v) is 5.72. The van der Waals surface area contributed by atoms with Crippen LogP contribution in [0.2, 0.25) is 0 Å². The number of rotatable bonds is 19. The van der Waals surface area contributed by atoms with Gasteiger partial charge in [-0.05, 0) is 69.8 Å². The lowest BCUT2D eigenvalue weighted by molar-refractivity contribution is -0.110. The molecular formula is C49H44O8. The lowest BCUT2D eigenvalue weighted by Crippen LogP contribution is -2.03. The first-order valence-electron chi connectivity index (χ1n) is 18.4. The number of ether oxygens (including phenoxy) is 6. The maximum absolute atomic E-state index is 13.0. The van der Waals surface area contributed by atoms with E-state index in [0.29, 0.717) is 72.1 Å². The molecule has 0 heterocycles. The van der Waals surface area contributed by atoms with E-state index in [2.05, 4.69) is 0 Å². The molecule has 0 radical (unpaired) electrons. The quantitative estimate of drug-likeness (QED) is 0.0496. The molecule has 6 aromatic carbocycles. The van der Waals surface area contributed by atoms with Crippen LogP contribution in [0.5, 0.6) is 34.5 Å². The number of hydrogen-bond donors (Lipinski definition) is 1. The number of methoxy groups -OCH3 is 2. The lowest BCUT2D eigenvalue weighted by Gasteiger charge is -2.17. The molecule has 57 heavy (non-hydrogen) atoms. The molecule has 0 spiro atoms. The van der Waals surface area contributed by atoms with Gasteiger partial charge in [-0.1, -0.05) is 133 Å². The Morgan fingerprint density at radius 1 is 0.474 bits per heavy atom. The van der Waals surface area contributed by atoms with Crippen molar-refractivity contribution in [2.75, 3.05) is 14.2 Å². The minimum absolute atomic E-state index is 0.242. The monoisotopic (exact) mass is 760 g/mol. The second kappa shape index (κ2) is 20.5. The van der Waals surface area contributed by atoms with Crippen molar-refractivity contribution in [3.8, 4) is 34.5 Å². The first-order chi connectivity index (χ1) is 28.0. The van der Waals surface area contributed by atoms with Crippen LogP contribution in [0, 0.1) is 0 Å². The van der Waals surface area contributed by atoms with E-state index in [1.165, 1.54) is 12.2 Å². The van der Waals surface area contributed by atoms with Gasteiger partial charge in [-0.3, -0.25) is 4.79 Å². The molecule has 0 fully saturated rings. The summed E-state index contributed by atoms with van der Waals surface area (Å²) in [6.07, 6.45) is 7.22. The van der Waals surface area contributed by atoms with Crippen molar-refractivity contribution in [2.45, 2.75) is 26.4 Å². The van der Waals surface area contributed by atoms with Gasteiger partial charge in [0.15, 0.2) is 28.8 Å². The molecule has 0 unspecified atom stereocenters. The summed E-state index contributed by atoms with van der Waals surface area (Å²) in [5.74, 6) is 2.06. The van der Waals surface area contributed by atoms with Crippen molar-refractivity contribution in [1.82, 2.24) is 0 Å². The molecule has 0 aromatic heterocycles. The number of aliphatic hydroxyl groups is 1. The number of hydrogen-bond acceptors (Lipinski definition) is 8. The third kappa shape index (κ3) is 11.9. The highest BCUT2D eigenvalue weighted by Crippen LogP contribution is 2.41. The maximum atomic E-state index is 13.0. The van der Waals surface area contributed by atoms with E-state index in [4.69, 9.17) is 28.4 Å². The average Bonchev–Trinajstić information content (AvgIpc) is 3.26. The number of allylic oxidation sites excluding steroid dienone is 3. The van der Waals surface area contributed by atoms with E-state index in [-0.39, 0.29) is 5.76 Å². The van der Waals surface area contributed by atoms with Crippen LogP contribution in [0.25, 0.3) is 12.2 Å². The van der Waals surface area contributed by atoms with Gasteiger partial charge in [0.2, 0.25) is 11.5 Å². The highest BCUT2D eigenvalue weighted by molar-refractivity contribution is 6.02. The average molecular weight is 761 g/mol. The maximum Gasteiger partial charge on any atom is 0.203 e. The summed E-state index contributed by atoms with van der Waals surface area (Å²) in [5, 5.41) is 10.8. The second-order valence-corrected chi connectivity index (χ2v) is 12.8. The molecule has 6 aromatic rings. The van der Waals surface area contributed by atoms with Crippen LogP contribution in [-0.4, -0.2) is 25.1 Å². The van der Waals surface area contributed by atoms with Crippen LogP contribution >= 0.6 is 0 Å². The largest absolute Gasteiger partial charge is 0.508 e. The molecule has 0 aliphatic carbocycles. The van der Waals surface area contributed by atoms with Gasteiger partial charge >= 0.3 is 0 Å². The molecule has 8 nitrogen and oxygen atoms in total. The van der Waals surface area contributed by atoms with Crippen molar-refractivity contribution < 1.29 is 38.3 Å². The minimum Gasteiger partial charge on any atom is -0.508 e. The summed E-state index contributed by atoms with van der Waals surface area (Å²) in [6, 6.07) is 46.4.